The number of benzene rings is 1. The van der Waals surface area contributed by atoms with E-state index in [9.17, 15) is 9.70 Å². The molecule has 1 rings (SSSR count). The van der Waals surface area contributed by atoms with E-state index in [4.69, 9.17) is 23.2 Å². The van der Waals surface area contributed by atoms with E-state index in [0.717, 1.165) is 0 Å². The Balaban J connectivity index is 3.08. The van der Waals surface area contributed by atoms with Crippen LogP contribution in [0.15, 0.2) is 23.4 Å². The second-order valence-electron chi connectivity index (χ2n) is 2.67. The molecule has 15 heavy (non-hydrogen) atoms. The lowest BCUT2D eigenvalue weighted by Gasteiger charge is -2.05. The quantitative estimate of drug-likeness (QED) is 0.357. The van der Waals surface area contributed by atoms with Crippen LogP contribution in [0.25, 0.3) is 0 Å². The zero-order valence-electron chi connectivity index (χ0n) is 7.74. The highest BCUT2D eigenvalue weighted by atomic mass is 35.5. The predicted octanol–water partition coefficient (Wildman–Crippen LogP) is 3.13. The van der Waals surface area contributed by atoms with Gasteiger partial charge in [0.25, 0.3) is 0 Å². The Morgan fingerprint density at radius 3 is 2.67 bits per heavy atom. The van der Waals surface area contributed by atoms with Gasteiger partial charge in [0.1, 0.15) is 0 Å². The second kappa shape index (κ2) is 5.09. The fourth-order valence-electron chi connectivity index (χ4n) is 1.02. The van der Waals surface area contributed by atoms with Crippen molar-refractivity contribution in [2.45, 2.75) is 5.50 Å². The molecule has 0 heterocycles. The van der Waals surface area contributed by atoms with Gasteiger partial charge in [-0.05, 0) is 22.9 Å². The smallest absolute Gasteiger partial charge is 0.339 e. The molecule has 0 radical (unpaired) electrons. The molecule has 1 unspecified atom stereocenters. The lowest BCUT2D eigenvalue weighted by atomic mass is 10.1. The molecule has 0 aliphatic rings. The Kier molecular flexibility index (Phi) is 4.05. The van der Waals surface area contributed by atoms with Crippen LogP contribution in [0.1, 0.15) is 21.4 Å². The van der Waals surface area contributed by atoms with Gasteiger partial charge in [0, 0.05) is 0 Å². The van der Waals surface area contributed by atoms with Crippen molar-refractivity contribution in [3.8, 4) is 0 Å². The highest BCUT2D eigenvalue weighted by molar-refractivity contribution is 6.33. The summed E-state index contributed by atoms with van der Waals surface area (Å²) in [5.41, 5.74) is -0.351. The molecule has 0 aliphatic heterocycles. The van der Waals surface area contributed by atoms with Crippen molar-refractivity contribution in [3.63, 3.8) is 0 Å². The van der Waals surface area contributed by atoms with Crippen LogP contribution in [0.5, 0.6) is 0 Å². The highest BCUT2D eigenvalue weighted by Crippen LogP contribution is 2.26. The van der Waals surface area contributed by atoms with Crippen molar-refractivity contribution in [1.29, 1.82) is 0 Å². The molecule has 0 aliphatic carbocycles. The molecular formula is C9H7Cl2NO3. The molecule has 0 spiro atoms. The SMILES string of the molecule is COC(=O)c1ccc(C(Cl)N=O)cc1Cl. The Bertz CT molecular complexity index is 395. The molecule has 0 saturated heterocycles. The highest BCUT2D eigenvalue weighted by Gasteiger charge is 2.14. The molecule has 1 aromatic rings. The van der Waals surface area contributed by atoms with Crippen LogP contribution >= 0.6 is 23.2 Å². The summed E-state index contributed by atoms with van der Waals surface area (Å²) < 4.78 is 4.50. The number of carbonyl (C=O) groups excluding carboxylic acids is 1. The van der Waals surface area contributed by atoms with Crippen molar-refractivity contribution < 1.29 is 9.53 Å². The molecule has 4 nitrogen and oxygen atoms in total. The lowest BCUT2D eigenvalue weighted by Crippen LogP contribution is -2.02. The minimum Gasteiger partial charge on any atom is -0.465 e. The van der Waals surface area contributed by atoms with E-state index in [-0.39, 0.29) is 10.6 Å². The molecule has 6 heteroatoms. The van der Waals surface area contributed by atoms with Crippen LogP contribution in [-0.4, -0.2) is 13.1 Å². The van der Waals surface area contributed by atoms with E-state index < -0.39 is 11.5 Å². The maximum atomic E-state index is 11.2. The van der Waals surface area contributed by atoms with E-state index in [2.05, 4.69) is 9.91 Å². The van der Waals surface area contributed by atoms with Crippen molar-refractivity contribution >= 4 is 29.2 Å². The Morgan fingerprint density at radius 2 is 2.20 bits per heavy atom. The van der Waals surface area contributed by atoms with Gasteiger partial charge < -0.3 is 4.74 Å². The number of methoxy groups -OCH3 is 1. The Labute approximate surface area is 96.1 Å². The zero-order valence-corrected chi connectivity index (χ0v) is 9.25. The standard InChI is InChI=1S/C9H7Cl2NO3/c1-15-9(13)6-3-2-5(4-7(6)10)8(11)12-14/h2-4,8H,1H3. The van der Waals surface area contributed by atoms with E-state index >= 15 is 0 Å². The number of hydrogen-bond acceptors (Lipinski definition) is 4. The van der Waals surface area contributed by atoms with Crippen molar-refractivity contribution in [1.82, 2.24) is 0 Å². The van der Waals surface area contributed by atoms with E-state index in [1.807, 2.05) is 0 Å². The number of rotatable bonds is 3. The van der Waals surface area contributed by atoms with Crippen molar-refractivity contribution in [2.75, 3.05) is 7.11 Å². The molecule has 1 atom stereocenters. The first-order valence-electron chi connectivity index (χ1n) is 3.94. The number of halogens is 2. The maximum Gasteiger partial charge on any atom is 0.339 e. The topological polar surface area (TPSA) is 55.7 Å². The summed E-state index contributed by atoms with van der Waals surface area (Å²) in [6, 6.07) is 4.34. The van der Waals surface area contributed by atoms with Gasteiger partial charge in [-0.15, -0.1) is 4.91 Å². The van der Waals surface area contributed by atoms with Crippen LogP contribution in [-0.2, 0) is 4.74 Å². The van der Waals surface area contributed by atoms with Gasteiger partial charge in [0.15, 0.2) is 5.50 Å². The predicted molar refractivity (Wildman–Crippen MR) is 57.2 cm³/mol. The fraction of sp³-hybridized carbons (Fsp3) is 0.222. The van der Waals surface area contributed by atoms with Crippen LogP contribution in [0.2, 0.25) is 5.02 Å². The molecule has 1 aromatic carbocycles. The summed E-state index contributed by atoms with van der Waals surface area (Å²) in [7, 11) is 1.25. The van der Waals surface area contributed by atoms with E-state index in [1.165, 1.54) is 25.3 Å². The minimum atomic E-state index is -1.01. The molecule has 0 aromatic heterocycles. The molecule has 0 N–H and O–H groups in total. The number of carbonyl (C=O) groups is 1. The number of nitrogens with zero attached hydrogens (tertiary/aromatic N) is 1. The third kappa shape index (κ3) is 2.67. The summed E-state index contributed by atoms with van der Waals surface area (Å²) in [5, 5.41) is 2.81. The number of nitroso groups, excluding NO2 is 1. The van der Waals surface area contributed by atoms with Gasteiger partial charge in [-0.25, -0.2) is 4.79 Å². The number of hydrogen-bond donors (Lipinski definition) is 0. The van der Waals surface area contributed by atoms with Gasteiger partial charge in [-0.1, -0.05) is 29.3 Å². The zero-order chi connectivity index (χ0) is 11.4. The first kappa shape index (κ1) is 11.9. The van der Waals surface area contributed by atoms with E-state index in [1.54, 1.807) is 0 Å². The number of esters is 1. The van der Waals surface area contributed by atoms with Crippen LogP contribution in [0.3, 0.4) is 0 Å². The third-order valence-electron chi connectivity index (χ3n) is 1.77. The van der Waals surface area contributed by atoms with Gasteiger partial charge >= 0.3 is 5.97 Å². The van der Waals surface area contributed by atoms with Crippen molar-refractivity contribution in [2.24, 2.45) is 5.18 Å². The molecule has 0 saturated carbocycles. The largest absolute Gasteiger partial charge is 0.465 e. The summed E-state index contributed by atoms with van der Waals surface area (Å²) in [6.45, 7) is 0. The van der Waals surface area contributed by atoms with Crippen LogP contribution < -0.4 is 0 Å². The first-order chi connectivity index (χ1) is 7.10. The summed E-state index contributed by atoms with van der Waals surface area (Å²) in [4.78, 5) is 21.3. The first-order valence-corrected chi connectivity index (χ1v) is 4.76. The third-order valence-corrected chi connectivity index (χ3v) is 2.41. The summed E-state index contributed by atoms with van der Waals surface area (Å²) in [6.07, 6.45) is 0. The number of ether oxygens (including phenoxy) is 1. The van der Waals surface area contributed by atoms with Crippen LogP contribution in [0.4, 0.5) is 0 Å². The van der Waals surface area contributed by atoms with Gasteiger partial charge in [0.05, 0.1) is 17.7 Å². The lowest BCUT2D eigenvalue weighted by molar-refractivity contribution is 0.0601. The molecule has 0 amide bonds. The molecule has 0 fully saturated rings. The van der Waals surface area contributed by atoms with Crippen molar-refractivity contribution in [3.05, 3.63) is 39.3 Å². The van der Waals surface area contributed by atoms with Crippen LogP contribution in [0, 0.1) is 4.91 Å². The monoisotopic (exact) mass is 247 g/mol. The second-order valence-corrected chi connectivity index (χ2v) is 3.49. The normalized spacial score (nSPS) is 11.9. The molecule has 0 bridgehead atoms. The Hall–Kier alpha value is -1.13. The van der Waals surface area contributed by atoms with E-state index in [0.29, 0.717) is 5.56 Å². The van der Waals surface area contributed by atoms with Gasteiger partial charge in [-0.3, -0.25) is 0 Å². The summed E-state index contributed by atoms with van der Waals surface area (Å²) in [5.74, 6) is -0.545. The van der Waals surface area contributed by atoms with Gasteiger partial charge in [-0.2, -0.15) is 0 Å². The Morgan fingerprint density at radius 1 is 1.53 bits per heavy atom. The molecular weight excluding hydrogens is 241 g/mol. The molecule has 80 valence electrons. The fourth-order valence-corrected chi connectivity index (χ4v) is 1.42. The van der Waals surface area contributed by atoms with Gasteiger partial charge in [0.2, 0.25) is 0 Å². The maximum absolute atomic E-state index is 11.2. The average Bonchev–Trinajstić information content (AvgIpc) is 2.26. The number of alkyl halides is 1. The summed E-state index contributed by atoms with van der Waals surface area (Å²) >= 11 is 11.4. The average molecular weight is 248 g/mol. The minimum absolute atomic E-state index is 0.175.